The van der Waals surface area contributed by atoms with Gasteiger partial charge >= 0.3 is 0 Å². The van der Waals surface area contributed by atoms with Gasteiger partial charge in [0.1, 0.15) is 11.5 Å². The third kappa shape index (κ3) is 2.76. The fourth-order valence-corrected chi connectivity index (χ4v) is 2.32. The van der Waals surface area contributed by atoms with E-state index in [0.717, 1.165) is 11.3 Å². The summed E-state index contributed by atoms with van der Waals surface area (Å²) < 4.78 is 11.0. The summed E-state index contributed by atoms with van der Waals surface area (Å²) in [4.78, 5) is 12.1. The Hall–Kier alpha value is -2.69. The van der Waals surface area contributed by atoms with Gasteiger partial charge in [-0.05, 0) is 35.9 Å². The fourth-order valence-electron chi connectivity index (χ4n) is 2.32. The minimum Gasteiger partial charge on any atom is -0.497 e. The molecule has 5 heteroatoms. The second kappa shape index (κ2) is 5.36. The zero-order chi connectivity index (χ0) is 14.8. The van der Waals surface area contributed by atoms with Crippen molar-refractivity contribution in [1.82, 2.24) is 0 Å². The summed E-state index contributed by atoms with van der Waals surface area (Å²) in [5.74, 6) is 1.23. The molecule has 0 saturated carbocycles. The second-order valence-corrected chi connectivity index (χ2v) is 4.91. The molecule has 0 aromatic heterocycles. The van der Waals surface area contributed by atoms with Crippen molar-refractivity contribution in [3.63, 3.8) is 0 Å². The maximum atomic E-state index is 12.1. The van der Waals surface area contributed by atoms with Gasteiger partial charge in [0.2, 0.25) is 0 Å². The largest absolute Gasteiger partial charge is 0.497 e. The molecule has 3 rings (SSSR count). The first-order chi connectivity index (χ1) is 10.2. The van der Waals surface area contributed by atoms with E-state index in [9.17, 15) is 4.79 Å². The van der Waals surface area contributed by atoms with Crippen molar-refractivity contribution in [2.45, 2.75) is 12.5 Å². The van der Waals surface area contributed by atoms with Crippen LogP contribution in [0.1, 0.15) is 5.56 Å². The normalized spacial score (nSPS) is 16.6. The van der Waals surface area contributed by atoms with E-state index in [1.807, 2.05) is 24.3 Å². The number of nitrogens with one attached hydrogen (secondary N) is 1. The van der Waals surface area contributed by atoms with Crippen LogP contribution in [0.5, 0.6) is 11.5 Å². The molecule has 0 spiro atoms. The molecule has 0 radical (unpaired) electrons. The number of methoxy groups -OCH3 is 1. The van der Waals surface area contributed by atoms with Crippen LogP contribution in [0.15, 0.2) is 42.5 Å². The van der Waals surface area contributed by atoms with Crippen LogP contribution in [0.4, 0.5) is 11.4 Å². The Morgan fingerprint density at radius 2 is 2.14 bits per heavy atom. The molecule has 2 aromatic carbocycles. The highest BCUT2D eigenvalue weighted by Crippen LogP contribution is 2.32. The zero-order valence-electron chi connectivity index (χ0n) is 11.6. The van der Waals surface area contributed by atoms with Crippen molar-refractivity contribution in [3.05, 3.63) is 48.0 Å². The summed E-state index contributed by atoms with van der Waals surface area (Å²) in [5.41, 5.74) is 7.88. The van der Waals surface area contributed by atoms with Gasteiger partial charge in [-0.1, -0.05) is 12.1 Å². The highest BCUT2D eigenvalue weighted by atomic mass is 16.5. The van der Waals surface area contributed by atoms with Gasteiger partial charge in [-0.3, -0.25) is 4.79 Å². The summed E-state index contributed by atoms with van der Waals surface area (Å²) in [6, 6.07) is 12.8. The molecule has 0 saturated heterocycles. The van der Waals surface area contributed by atoms with Crippen LogP contribution in [-0.2, 0) is 11.2 Å². The number of nitrogens with two attached hydrogens (primary N) is 1. The number of fused-ring (bicyclic) bond motifs is 1. The molecule has 1 heterocycles. The maximum absolute atomic E-state index is 12.1. The van der Waals surface area contributed by atoms with Crippen molar-refractivity contribution in [2.24, 2.45) is 0 Å². The van der Waals surface area contributed by atoms with E-state index in [0.29, 0.717) is 23.5 Å². The van der Waals surface area contributed by atoms with Gasteiger partial charge < -0.3 is 20.5 Å². The van der Waals surface area contributed by atoms with Gasteiger partial charge in [-0.15, -0.1) is 0 Å². The lowest BCUT2D eigenvalue weighted by atomic mass is 10.1. The smallest absolute Gasteiger partial charge is 0.265 e. The van der Waals surface area contributed by atoms with Gasteiger partial charge in [-0.2, -0.15) is 0 Å². The van der Waals surface area contributed by atoms with E-state index >= 15 is 0 Å². The van der Waals surface area contributed by atoms with Crippen LogP contribution in [0.25, 0.3) is 0 Å². The third-order valence-corrected chi connectivity index (χ3v) is 3.38. The molecule has 1 aliphatic rings. The van der Waals surface area contributed by atoms with Crippen molar-refractivity contribution < 1.29 is 14.3 Å². The van der Waals surface area contributed by atoms with E-state index in [4.69, 9.17) is 15.2 Å². The number of hydrogen-bond acceptors (Lipinski definition) is 4. The van der Waals surface area contributed by atoms with Crippen molar-refractivity contribution in [2.75, 3.05) is 18.2 Å². The lowest BCUT2D eigenvalue weighted by Gasteiger charge is -2.26. The van der Waals surface area contributed by atoms with Gasteiger partial charge in [0.15, 0.2) is 6.10 Å². The number of hydrogen-bond donors (Lipinski definition) is 2. The standard InChI is InChI=1S/C16H16N2O3/c1-20-12-4-2-3-10(7-12)8-15-16(19)18-13-9-11(17)5-6-14(13)21-15/h2-7,9,15H,8,17H2,1H3,(H,18,19). The highest BCUT2D eigenvalue weighted by Gasteiger charge is 2.27. The average Bonchev–Trinajstić information content (AvgIpc) is 2.48. The average molecular weight is 284 g/mol. The molecular formula is C16H16N2O3. The minimum absolute atomic E-state index is 0.170. The molecule has 108 valence electrons. The lowest BCUT2D eigenvalue weighted by molar-refractivity contribution is -0.123. The first-order valence-corrected chi connectivity index (χ1v) is 6.65. The topological polar surface area (TPSA) is 73.6 Å². The molecule has 1 aliphatic heterocycles. The summed E-state index contributed by atoms with van der Waals surface area (Å²) in [5, 5.41) is 2.82. The van der Waals surface area contributed by atoms with E-state index in [-0.39, 0.29) is 5.91 Å². The monoisotopic (exact) mass is 284 g/mol. The Balaban J connectivity index is 1.80. The SMILES string of the molecule is COc1cccc(CC2Oc3ccc(N)cc3NC2=O)c1. The van der Waals surface area contributed by atoms with Crippen molar-refractivity contribution in [1.29, 1.82) is 0 Å². The van der Waals surface area contributed by atoms with Gasteiger partial charge in [0.05, 0.1) is 12.8 Å². The lowest BCUT2D eigenvalue weighted by Crippen LogP contribution is -2.38. The first kappa shape index (κ1) is 13.3. The van der Waals surface area contributed by atoms with Crippen LogP contribution >= 0.6 is 0 Å². The molecule has 0 aliphatic carbocycles. The number of nitrogen functional groups attached to an aromatic ring is 1. The zero-order valence-corrected chi connectivity index (χ0v) is 11.6. The fraction of sp³-hybridized carbons (Fsp3) is 0.188. The van der Waals surface area contributed by atoms with Gasteiger partial charge in [0, 0.05) is 12.1 Å². The summed E-state index contributed by atoms with van der Waals surface area (Å²) >= 11 is 0. The van der Waals surface area contributed by atoms with Crippen LogP contribution < -0.4 is 20.5 Å². The molecule has 0 fully saturated rings. The molecule has 21 heavy (non-hydrogen) atoms. The number of carbonyl (C=O) groups is 1. The second-order valence-electron chi connectivity index (χ2n) is 4.91. The Labute approximate surface area is 122 Å². The predicted octanol–water partition coefficient (Wildman–Crippen LogP) is 2.22. The Kier molecular flexibility index (Phi) is 3.39. The molecule has 0 bridgehead atoms. The van der Waals surface area contributed by atoms with E-state index < -0.39 is 6.10 Å². The van der Waals surface area contributed by atoms with Crippen molar-refractivity contribution in [3.8, 4) is 11.5 Å². The number of anilines is 2. The Morgan fingerprint density at radius 1 is 1.29 bits per heavy atom. The van der Waals surface area contributed by atoms with Crippen LogP contribution in [0.3, 0.4) is 0 Å². The quantitative estimate of drug-likeness (QED) is 0.848. The Morgan fingerprint density at radius 3 is 2.95 bits per heavy atom. The molecule has 2 aromatic rings. The van der Waals surface area contributed by atoms with Crippen LogP contribution in [0.2, 0.25) is 0 Å². The number of carbonyl (C=O) groups excluding carboxylic acids is 1. The van der Waals surface area contributed by atoms with E-state index in [1.54, 1.807) is 25.3 Å². The minimum atomic E-state index is -0.562. The third-order valence-electron chi connectivity index (χ3n) is 3.38. The van der Waals surface area contributed by atoms with Crippen molar-refractivity contribution >= 4 is 17.3 Å². The van der Waals surface area contributed by atoms with E-state index in [1.165, 1.54) is 0 Å². The number of amides is 1. The van der Waals surface area contributed by atoms with Crippen LogP contribution in [0, 0.1) is 0 Å². The highest BCUT2D eigenvalue weighted by molar-refractivity contribution is 5.98. The molecule has 1 unspecified atom stereocenters. The summed E-state index contributed by atoms with van der Waals surface area (Å²) in [7, 11) is 1.61. The van der Waals surface area contributed by atoms with Gasteiger partial charge in [-0.25, -0.2) is 0 Å². The number of ether oxygens (including phenoxy) is 2. The molecule has 1 amide bonds. The maximum Gasteiger partial charge on any atom is 0.265 e. The summed E-state index contributed by atoms with van der Waals surface area (Å²) in [6.07, 6.45) is -0.0828. The molecule has 5 nitrogen and oxygen atoms in total. The van der Waals surface area contributed by atoms with E-state index in [2.05, 4.69) is 5.32 Å². The number of rotatable bonds is 3. The number of benzene rings is 2. The molecule has 3 N–H and O–H groups in total. The van der Waals surface area contributed by atoms with Gasteiger partial charge in [0.25, 0.3) is 5.91 Å². The van der Waals surface area contributed by atoms with Crippen LogP contribution in [-0.4, -0.2) is 19.1 Å². The summed E-state index contributed by atoms with van der Waals surface area (Å²) in [6.45, 7) is 0. The Bertz CT molecular complexity index is 685. The molecule has 1 atom stereocenters. The predicted molar refractivity (Wildman–Crippen MR) is 80.6 cm³/mol. The first-order valence-electron chi connectivity index (χ1n) is 6.65. The molecular weight excluding hydrogens is 268 g/mol.